The van der Waals surface area contributed by atoms with Gasteiger partial charge in [0.15, 0.2) is 5.78 Å². The second kappa shape index (κ2) is 8.28. The second-order valence-corrected chi connectivity index (χ2v) is 6.12. The summed E-state index contributed by atoms with van der Waals surface area (Å²) in [5.41, 5.74) is 3.16. The molecule has 1 atom stereocenters. The lowest BCUT2D eigenvalue weighted by Gasteiger charge is -2.26. The minimum atomic E-state index is -0.00791. The highest BCUT2D eigenvalue weighted by Crippen LogP contribution is 2.19. The fourth-order valence-electron chi connectivity index (χ4n) is 2.62. The van der Waals surface area contributed by atoms with Crippen molar-refractivity contribution in [2.24, 2.45) is 0 Å². The molecular weight excluding hydrogens is 298 g/mol. The van der Waals surface area contributed by atoms with Crippen LogP contribution in [0.15, 0.2) is 48.5 Å². The Morgan fingerprint density at radius 1 is 1.21 bits per heavy atom. The number of carbonyl (C=O) groups excluding carboxylic acids is 1. The normalized spacial score (nSPS) is 11.8. The van der Waals surface area contributed by atoms with Gasteiger partial charge in [-0.3, -0.25) is 4.79 Å². The molecule has 0 aliphatic carbocycles. The van der Waals surface area contributed by atoms with Crippen LogP contribution in [0.1, 0.15) is 28.4 Å². The molecule has 0 aromatic heterocycles. The van der Waals surface area contributed by atoms with Gasteiger partial charge in [0.2, 0.25) is 0 Å². The third-order valence-corrected chi connectivity index (χ3v) is 4.10. The number of hydrogen-bond acceptors (Lipinski definition) is 4. The highest BCUT2D eigenvalue weighted by molar-refractivity contribution is 5.99. The van der Waals surface area contributed by atoms with Gasteiger partial charge in [-0.1, -0.05) is 30.3 Å². The Kier molecular flexibility index (Phi) is 6.11. The van der Waals surface area contributed by atoms with Crippen molar-refractivity contribution in [3.63, 3.8) is 0 Å². The highest BCUT2D eigenvalue weighted by Gasteiger charge is 2.14. The number of benzene rings is 2. The van der Waals surface area contributed by atoms with Gasteiger partial charge in [0.1, 0.15) is 0 Å². The Bertz CT molecular complexity index is 732. The zero-order chi connectivity index (χ0) is 17.5. The number of ketones is 1. The molecular formula is C20H23N3O. The number of likely N-dealkylation sites (N-methyl/N-ethyl adjacent to an activating group) is 1. The summed E-state index contributed by atoms with van der Waals surface area (Å²) in [6.07, 6.45) is 0.911. The number of nitriles is 1. The van der Waals surface area contributed by atoms with E-state index in [1.807, 2.05) is 32.3 Å². The Hall–Kier alpha value is -2.64. The summed E-state index contributed by atoms with van der Waals surface area (Å²) in [6.45, 7) is 2.23. The van der Waals surface area contributed by atoms with Gasteiger partial charge in [0.25, 0.3) is 0 Å². The molecule has 2 rings (SSSR count). The summed E-state index contributed by atoms with van der Waals surface area (Å²) >= 11 is 0. The van der Waals surface area contributed by atoms with Crippen LogP contribution >= 0.6 is 0 Å². The Labute approximate surface area is 143 Å². The largest absolute Gasteiger partial charge is 0.383 e. The molecule has 0 saturated carbocycles. The van der Waals surface area contributed by atoms with Crippen LogP contribution < -0.4 is 5.32 Å². The van der Waals surface area contributed by atoms with E-state index in [1.165, 1.54) is 5.56 Å². The molecule has 0 heterocycles. The average molecular weight is 321 g/mol. The van der Waals surface area contributed by atoms with E-state index in [9.17, 15) is 4.79 Å². The van der Waals surface area contributed by atoms with Gasteiger partial charge in [0.05, 0.1) is 11.6 Å². The predicted molar refractivity (Wildman–Crippen MR) is 97.3 cm³/mol. The summed E-state index contributed by atoms with van der Waals surface area (Å²) in [7, 11) is 4.10. The van der Waals surface area contributed by atoms with Crippen molar-refractivity contribution in [3.05, 3.63) is 65.2 Å². The van der Waals surface area contributed by atoms with E-state index in [4.69, 9.17) is 5.26 Å². The first-order valence-corrected chi connectivity index (χ1v) is 8.00. The molecule has 0 amide bonds. The second-order valence-electron chi connectivity index (χ2n) is 6.12. The molecule has 0 fully saturated rings. The predicted octanol–water partition coefficient (Wildman–Crippen LogP) is 3.35. The van der Waals surface area contributed by atoms with Crippen molar-refractivity contribution in [2.45, 2.75) is 19.4 Å². The number of carbonyl (C=O) groups is 1. The first-order chi connectivity index (χ1) is 11.5. The smallest absolute Gasteiger partial charge is 0.161 e. The minimum absolute atomic E-state index is 0.00791. The van der Waals surface area contributed by atoms with Gasteiger partial charge < -0.3 is 10.2 Å². The Morgan fingerprint density at radius 2 is 1.92 bits per heavy atom. The van der Waals surface area contributed by atoms with Crippen LogP contribution in [0.4, 0.5) is 5.69 Å². The number of nitrogens with zero attached hydrogens (tertiary/aromatic N) is 2. The SMILES string of the molecule is CC(=O)c1ccc(C#N)cc1NCC(Cc1ccccc1)N(C)C. The van der Waals surface area contributed by atoms with Gasteiger partial charge in [-0.15, -0.1) is 0 Å². The standard InChI is InChI=1S/C20H23N3O/c1-15(24)19-10-9-17(13-21)12-20(19)22-14-18(23(2)3)11-16-7-5-4-6-8-16/h4-10,12,18,22H,11,14H2,1-3H3. The van der Waals surface area contributed by atoms with Gasteiger partial charge in [-0.05, 0) is 51.2 Å². The molecule has 2 aromatic carbocycles. The molecule has 124 valence electrons. The van der Waals surface area contributed by atoms with E-state index in [0.717, 1.165) is 12.1 Å². The lowest BCUT2D eigenvalue weighted by Crippen LogP contribution is -2.36. The number of nitrogens with one attached hydrogen (secondary N) is 1. The van der Waals surface area contributed by atoms with Crippen LogP contribution in [0.5, 0.6) is 0 Å². The third kappa shape index (κ3) is 4.68. The zero-order valence-corrected chi connectivity index (χ0v) is 14.4. The molecule has 0 spiro atoms. The van der Waals surface area contributed by atoms with Crippen LogP contribution in [0.2, 0.25) is 0 Å². The fraction of sp³-hybridized carbons (Fsp3) is 0.300. The van der Waals surface area contributed by atoms with Crippen molar-refractivity contribution in [2.75, 3.05) is 26.0 Å². The molecule has 1 N–H and O–H groups in total. The quantitative estimate of drug-likeness (QED) is 0.795. The molecule has 0 aliphatic heterocycles. The van der Waals surface area contributed by atoms with Crippen molar-refractivity contribution < 1.29 is 4.79 Å². The summed E-state index contributed by atoms with van der Waals surface area (Å²) in [5.74, 6) is -0.00791. The van der Waals surface area contributed by atoms with Crippen LogP contribution in [-0.2, 0) is 6.42 Å². The maximum Gasteiger partial charge on any atom is 0.161 e. The molecule has 24 heavy (non-hydrogen) atoms. The van der Waals surface area contributed by atoms with Crippen molar-refractivity contribution in [3.8, 4) is 6.07 Å². The number of hydrogen-bond donors (Lipinski definition) is 1. The molecule has 1 unspecified atom stereocenters. The lowest BCUT2D eigenvalue weighted by molar-refractivity contribution is 0.101. The van der Waals surface area contributed by atoms with Crippen LogP contribution in [0, 0.1) is 11.3 Å². The number of Topliss-reactive ketones (excluding diaryl/α,β-unsaturated/α-hetero) is 1. The molecule has 0 aliphatic rings. The lowest BCUT2D eigenvalue weighted by atomic mass is 10.0. The van der Waals surface area contributed by atoms with Crippen molar-refractivity contribution in [1.82, 2.24) is 4.90 Å². The molecule has 0 radical (unpaired) electrons. The molecule has 4 heteroatoms. The van der Waals surface area contributed by atoms with Gasteiger partial charge in [-0.25, -0.2) is 0 Å². The molecule has 0 saturated heterocycles. The van der Waals surface area contributed by atoms with Crippen LogP contribution in [0.3, 0.4) is 0 Å². The molecule has 4 nitrogen and oxygen atoms in total. The van der Waals surface area contributed by atoms with Gasteiger partial charge in [-0.2, -0.15) is 5.26 Å². The highest BCUT2D eigenvalue weighted by atomic mass is 16.1. The van der Waals surface area contributed by atoms with E-state index in [2.05, 4.69) is 28.4 Å². The van der Waals surface area contributed by atoms with Crippen LogP contribution in [0.25, 0.3) is 0 Å². The maximum atomic E-state index is 11.8. The molecule has 0 bridgehead atoms. The first-order valence-electron chi connectivity index (χ1n) is 8.00. The summed E-state index contributed by atoms with van der Waals surface area (Å²) in [4.78, 5) is 14.0. The number of anilines is 1. The van der Waals surface area contributed by atoms with Crippen LogP contribution in [-0.4, -0.2) is 37.4 Å². The number of rotatable bonds is 7. The first kappa shape index (κ1) is 17.7. The van der Waals surface area contributed by atoms with E-state index in [-0.39, 0.29) is 11.8 Å². The van der Waals surface area contributed by atoms with E-state index in [1.54, 1.807) is 25.1 Å². The average Bonchev–Trinajstić information content (AvgIpc) is 2.58. The Morgan fingerprint density at radius 3 is 2.50 bits per heavy atom. The van der Waals surface area contributed by atoms with Gasteiger partial charge in [0, 0.05) is 23.8 Å². The van der Waals surface area contributed by atoms with E-state index in [0.29, 0.717) is 17.7 Å². The van der Waals surface area contributed by atoms with E-state index < -0.39 is 0 Å². The van der Waals surface area contributed by atoms with Crippen molar-refractivity contribution >= 4 is 11.5 Å². The monoisotopic (exact) mass is 321 g/mol. The third-order valence-electron chi connectivity index (χ3n) is 4.10. The Balaban J connectivity index is 2.14. The minimum Gasteiger partial charge on any atom is -0.383 e. The summed E-state index contributed by atoms with van der Waals surface area (Å²) < 4.78 is 0. The van der Waals surface area contributed by atoms with Crippen molar-refractivity contribution in [1.29, 1.82) is 5.26 Å². The zero-order valence-electron chi connectivity index (χ0n) is 14.4. The topological polar surface area (TPSA) is 56.1 Å². The fourth-order valence-corrected chi connectivity index (χ4v) is 2.62. The summed E-state index contributed by atoms with van der Waals surface area (Å²) in [6, 6.07) is 17.9. The van der Waals surface area contributed by atoms with E-state index >= 15 is 0 Å². The molecule has 2 aromatic rings. The summed E-state index contributed by atoms with van der Waals surface area (Å²) in [5, 5.41) is 12.4. The maximum absolute atomic E-state index is 11.8. The van der Waals surface area contributed by atoms with Gasteiger partial charge >= 0.3 is 0 Å².